The molecule has 0 aliphatic heterocycles. The molecule has 6 heteroatoms. The number of aryl methyl sites for hydroxylation is 1. The van der Waals surface area contributed by atoms with Gasteiger partial charge in [-0.25, -0.2) is 4.98 Å². The van der Waals surface area contributed by atoms with Crippen molar-refractivity contribution in [2.24, 2.45) is 0 Å². The molecule has 1 N–H and O–H groups in total. The number of carbonyl (C=O) groups is 1. The van der Waals surface area contributed by atoms with Crippen LogP contribution in [0.15, 0.2) is 55.1 Å². The Morgan fingerprint density at radius 2 is 2.15 bits per heavy atom. The molecule has 0 aliphatic carbocycles. The number of aromatic nitrogens is 2. The second-order valence-electron chi connectivity index (χ2n) is 5.85. The van der Waals surface area contributed by atoms with E-state index in [0.29, 0.717) is 19.7 Å². The Hall–Kier alpha value is -2.79. The predicted octanol–water partition coefficient (Wildman–Crippen LogP) is 3.88. The van der Waals surface area contributed by atoms with Crippen molar-refractivity contribution in [1.29, 1.82) is 0 Å². The molecule has 2 aromatic carbocycles. The number of imidazole rings is 1. The molecular formula is C20H20ClN3O2. The number of hydrogen-bond donors (Lipinski definition) is 1. The monoisotopic (exact) mass is 369 g/mol. The van der Waals surface area contributed by atoms with Crippen LogP contribution in [0.4, 0.5) is 0 Å². The Morgan fingerprint density at radius 1 is 1.35 bits per heavy atom. The van der Waals surface area contributed by atoms with Crippen molar-refractivity contribution in [3.05, 3.63) is 71.5 Å². The highest BCUT2D eigenvalue weighted by Gasteiger charge is 2.11. The van der Waals surface area contributed by atoms with Crippen molar-refractivity contribution in [3.63, 3.8) is 0 Å². The van der Waals surface area contributed by atoms with E-state index >= 15 is 0 Å². The summed E-state index contributed by atoms with van der Waals surface area (Å²) < 4.78 is 7.91. The first-order valence-electron chi connectivity index (χ1n) is 8.32. The highest BCUT2D eigenvalue weighted by Crippen LogP contribution is 2.21. The van der Waals surface area contributed by atoms with Gasteiger partial charge in [-0.1, -0.05) is 30.3 Å². The Kier molecular flexibility index (Phi) is 5.58. The third-order valence-corrected chi connectivity index (χ3v) is 4.48. The highest BCUT2D eigenvalue weighted by atomic mass is 35.5. The molecule has 0 atom stereocenters. The van der Waals surface area contributed by atoms with Gasteiger partial charge in [-0.3, -0.25) is 4.79 Å². The predicted molar refractivity (Wildman–Crippen MR) is 103 cm³/mol. The van der Waals surface area contributed by atoms with Gasteiger partial charge in [-0.15, -0.1) is 0 Å². The molecule has 1 heterocycles. The van der Waals surface area contributed by atoms with E-state index in [-0.39, 0.29) is 5.91 Å². The summed E-state index contributed by atoms with van der Waals surface area (Å²) in [7, 11) is 0. The van der Waals surface area contributed by atoms with E-state index in [4.69, 9.17) is 16.3 Å². The molecule has 3 aromatic rings. The molecule has 1 aromatic heterocycles. The SMILES string of the molecule is C=CC(=O)NCc1nc2ccccc2n1CCOc1ccc(Cl)c(C)c1. The van der Waals surface area contributed by atoms with Gasteiger partial charge in [-0.2, -0.15) is 0 Å². The third kappa shape index (κ3) is 4.06. The molecule has 134 valence electrons. The zero-order valence-electron chi connectivity index (χ0n) is 14.5. The first-order valence-corrected chi connectivity index (χ1v) is 8.69. The van der Waals surface area contributed by atoms with Crippen LogP contribution >= 0.6 is 11.6 Å². The van der Waals surface area contributed by atoms with Crippen molar-refractivity contribution < 1.29 is 9.53 Å². The Morgan fingerprint density at radius 3 is 2.92 bits per heavy atom. The maximum atomic E-state index is 11.5. The molecule has 0 aliphatic rings. The number of rotatable bonds is 7. The summed E-state index contributed by atoms with van der Waals surface area (Å²) in [4.78, 5) is 16.1. The Balaban J connectivity index is 1.75. The quantitative estimate of drug-likeness (QED) is 0.643. The van der Waals surface area contributed by atoms with Crippen LogP contribution in [0.2, 0.25) is 5.02 Å². The lowest BCUT2D eigenvalue weighted by Gasteiger charge is -2.12. The summed E-state index contributed by atoms with van der Waals surface area (Å²) in [6, 6.07) is 13.5. The Labute approximate surface area is 157 Å². The van der Waals surface area contributed by atoms with E-state index < -0.39 is 0 Å². The summed E-state index contributed by atoms with van der Waals surface area (Å²) in [5.74, 6) is 1.33. The number of ether oxygens (including phenoxy) is 1. The van der Waals surface area contributed by atoms with E-state index in [9.17, 15) is 4.79 Å². The number of para-hydroxylation sites is 2. The smallest absolute Gasteiger partial charge is 0.243 e. The van der Waals surface area contributed by atoms with E-state index in [0.717, 1.165) is 33.2 Å². The minimum atomic E-state index is -0.225. The summed E-state index contributed by atoms with van der Waals surface area (Å²) in [5.41, 5.74) is 2.87. The fraction of sp³-hybridized carbons (Fsp3) is 0.200. The lowest BCUT2D eigenvalue weighted by atomic mass is 10.2. The number of halogens is 1. The average Bonchev–Trinajstić information content (AvgIpc) is 3.00. The van der Waals surface area contributed by atoms with Crippen LogP contribution in [0.25, 0.3) is 11.0 Å². The molecule has 0 bridgehead atoms. The fourth-order valence-corrected chi connectivity index (χ4v) is 2.83. The molecular weight excluding hydrogens is 350 g/mol. The molecule has 0 radical (unpaired) electrons. The van der Waals surface area contributed by atoms with Gasteiger partial charge in [0.15, 0.2) is 0 Å². The van der Waals surface area contributed by atoms with Crippen molar-refractivity contribution in [2.75, 3.05) is 6.61 Å². The fourth-order valence-electron chi connectivity index (χ4n) is 2.71. The van der Waals surface area contributed by atoms with Gasteiger partial charge in [0, 0.05) is 5.02 Å². The van der Waals surface area contributed by atoms with Gasteiger partial charge < -0.3 is 14.6 Å². The molecule has 5 nitrogen and oxygen atoms in total. The van der Waals surface area contributed by atoms with E-state index in [1.54, 1.807) is 0 Å². The number of benzene rings is 2. The molecule has 3 rings (SSSR count). The normalized spacial score (nSPS) is 10.7. The van der Waals surface area contributed by atoms with Crippen LogP contribution in [0.5, 0.6) is 5.75 Å². The largest absolute Gasteiger partial charge is 0.492 e. The van der Waals surface area contributed by atoms with Gasteiger partial charge >= 0.3 is 0 Å². The molecule has 0 fully saturated rings. The number of hydrogen-bond acceptors (Lipinski definition) is 3. The van der Waals surface area contributed by atoms with Crippen LogP contribution in [-0.4, -0.2) is 22.1 Å². The summed E-state index contributed by atoms with van der Waals surface area (Å²) in [5, 5.41) is 3.50. The van der Waals surface area contributed by atoms with Crippen molar-refractivity contribution >= 4 is 28.5 Å². The summed E-state index contributed by atoms with van der Waals surface area (Å²) >= 11 is 6.04. The minimum absolute atomic E-state index is 0.225. The molecule has 0 saturated heterocycles. The van der Waals surface area contributed by atoms with Crippen LogP contribution < -0.4 is 10.1 Å². The average molecular weight is 370 g/mol. The third-order valence-electron chi connectivity index (χ3n) is 4.05. The number of fused-ring (bicyclic) bond motifs is 1. The van der Waals surface area contributed by atoms with Gasteiger partial charge in [0.1, 0.15) is 18.2 Å². The number of amides is 1. The van der Waals surface area contributed by atoms with Crippen LogP contribution in [0, 0.1) is 6.92 Å². The maximum Gasteiger partial charge on any atom is 0.243 e. The molecule has 0 unspecified atom stereocenters. The van der Waals surface area contributed by atoms with E-state index in [2.05, 4.69) is 21.4 Å². The summed E-state index contributed by atoms with van der Waals surface area (Å²) in [6.45, 7) is 6.83. The molecule has 0 spiro atoms. The van der Waals surface area contributed by atoms with Crippen molar-refractivity contribution in [2.45, 2.75) is 20.0 Å². The van der Waals surface area contributed by atoms with Crippen LogP contribution in [0.3, 0.4) is 0 Å². The zero-order chi connectivity index (χ0) is 18.5. The number of carbonyl (C=O) groups excluding carboxylic acids is 1. The first kappa shape index (κ1) is 18.0. The summed E-state index contributed by atoms with van der Waals surface area (Å²) in [6.07, 6.45) is 1.25. The van der Waals surface area contributed by atoms with Gasteiger partial charge in [0.05, 0.1) is 24.1 Å². The topological polar surface area (TPSA) is 56.2 Å². The number of nitrogens with zero attached hydrogens (tertiary/aromatic N) is 2. The second-order valence-corrected chi connectivity index (χ2v) is 6.26. The Bertz CT molecular complexity index is 949. The highest BCUT2D eigenvalue weighted by molar-refractivity contribution is 6.31. The zero-order valence-corrected chi connectivity index (χ0v) is 15.3. The van der Waals surface area contributed by atoms with Gasteiger partial charge in [-0.05, 0) is 48.9 Å². The van der Waals surface area contributed by atoms with Gasteiger partial charge in [0.25, 0.3) is 0 Å². The molecule has 26 heavy (non-hydrogen) atoms. The lowest BCUT2D eigenvalue weighted by molar-refractivity contribution is -0.116. The van der Waals surface area contributed by atoms with Crippen LogP contribution in [0.1, 0.15) is 11.4 Å². The first-order chi connectivity index (χ1) is 12.6. The standard InChI is InChI=1S/C20H20ClN3O2/c1-3-20(25)22-13-19-23-17-6-4-5-7-18(17)24(19)10-11-26-15-8-9-16(21)14(2)12-15/h3-9,12H,1,10-11,13H2,2H3,(H,22,25). The molecule has 0 saturated carbocycles. The van der Waals surface area contributed by atoms with Crippen molar-refractivity contribution in [1.82, 2.24) is 14.9 Å². The van der Waals surface area contributed by atoms with Crippen LogP contribution in [-0.2, 0) is 17.9 Å². The van der Waals surface area contributed by atoms with E-state index in [1.165, 1.54) is 6.08 Å². The van der Waals surface area contributed by atoms with Crippen molar-refractivity contribution in [3.8, 4) is 5.75 Å². The molecule has 1 amide bonds. The maximum absolute atomic E-state index is 11.5. The van der Waals surface area contributed by atoms with E-state index in [1.807, 2.05) is 49.4 Å². The van der Waals surface area contributed by atoms with Gasteiger partial charge in [0.2, 0.25) is 5.91 Å². The second kappa shape index (κ2) is 8.06. The lowest BCUT2D eigenvalue weighted by Crippen LogP contribution is -2.23. The number of nitrogens with one attached hydrogen (secondary N) is 1. The minimum Gasteiger partial charge on any atom is -0.492 e.